The Kier molecular flexibility index (Phi) is 6.19. The van der Waals surface area contributed by atoms with Crippen molar-refractivity contribution in [1.29, 1.82) is 0 Å². The van der Waals surface area contributed by atoms with E-state index in [4.69, 9.17) is 11.6 Å². The van der Waals surface area contributed by atoms with Gasteiger partial charge in [0.25, 0.3) is 15.9 Å². The van der Waals surface area contributed by atoms with Crippen LogP contribution in [0.1, 0.15) is 17.3 Å². The van der Waals surface area contributed by atoms with Crippen LogP contribution in [0.15, 0.2) is 82.7 Å². The molecule has 6 nitrogen and oxygen atoms in total. The second kappa shape index (κ2) is 8.90. The highest BCUT2D eigenvalue weighted by Gasteiger charge is 2.23. The smallest absolute Gasteiger partial charge is 0.279 e. The van der Waals surface area contributed by atoms with Crippen molar-refractivity contribution in [1.82, 2.24) is 4.57 Å². The molecule has 1 heterocycles. The monoisotopic (exact) mass is 485 g/mol. The van der Waals surface area contributed by atoms with E-state index in [9.17, 15) is 13.2 Å². The number of carbonyl (C=O) groups excluding carboxylic acids is 1. The van der Waals surface area contributed by atoms with Crippen molar-refractivity contribution >= 4 is 54.8 Å². The van der Waals surface area contributed by atoms with Crippen LogP contribution >= 0.6 is 22.9 Å². The summed E-state index contributed by atoms with van der Waals surface area (Å²) in [5.41, 5.74) is 1.82. The molecule has 0 saturated heterocycles. The van der Waals surface area contributed by atoms with E-state index in [0.29, 0.717) is 21.1 Å². The Balaban J connectivity index is 1.64. The van der Waals surface area contributed by atoms with E-state index < -0.39 is 15.9 Å². The van der Waals surface area contributed by atoms with Crippen LogP contribution in [0, 0.1) is 0 Å². The van der Waals surface area contributed by atoms with Crippen LogP contribution in [0.5, 0.6) is 0 Å². The zero-order valence-electron chi connectivity index (χ0n) is 17.4. The summed E-state index contributed by atoms with van der Waals surface area (Å²) in [4.78, 5) is 17.6. The van der Waals surface area contributed by atoms with Crippen LogP contribution in [0.2, 0.25) is 5.02 Å². The molecule has 1 amide bonds. The number of nitrogens with zero attached hydrogens (tertiary/aromatic N) is 3. The highest BCUT2D eigenvalue weighted by molar-refractivity contribution is 7.92. The number of sulfonamides is 1. The number of halogens is 1. The first kappa shape index (κ1) is 22.3. The lowest BCUT2D eigenvalue weighted by molar-refractivity contribution is 0.0998. The van der Waals surface area contributed by atoms with Gasteiger partial charge in [-0.1, -0.05) is 41.1 Å². The minimum absolute atomic E-state index is 0.113. The molecule has 0 aliphatic carbocycles. The van der Waals surface area contributed by atoms with Gasteiger partial charge in [-0.05, 0) is 61.5 Å². The fourth-order valence-electron chi connectivity index (χ4n) is 3.35. The summed E-state index contributed by atoms with van der Waals surface area (Å²) in [6.07, 6.45) is 0. The SMILES string of the molecule is CCN(c1ccccc1)S(=O)(=O)c1ccc(C(=O)N=c2sc3cc(Cl)ccc3n2C)cc1. The highest BCUT2D eigenvalue weighted by atomic mass is 35.5. The van der Waals surface area contributed by atoms with E-state index >= 15 is 0 Å². The van der Waals surface area contributed by atoms with Crippen molar-refractivity contribution < 1.29 is 13.2 Å². The molecular formula is C23H20ClN3O3S2. The van der Waals surface area contributed by atoms with Gasteiger partial charge in [-0.25, -0.2) is 8.42 Å². The first-order valence-electron chi connectivity index (χ1n) is 9.83. The van der Waals surface area contributed by atoms with Crippen molar-refractivity contribution in [2.24, 2.45) is 12.0 Å². The molecule has 9 heteroatoms. The van der Waals surface area contributed by atoms with Gasteiger partial charge in [0.2, 0.25) is 0 Å². The number of hydrogen-bond donors (Lipinski definition) is 0. The van der Waals surface area contributed by atoms with E-state index in [2.05, 4.69) is 4.99 Å². The van der Waals surface area contributed by atoms with Gasteiger partial charge in [0.15, 0.2) is 4.80 Å². The van der Waals surface area contributed by atoms with Crippen molar-refractivity contribution in [3.05, 3.63) is 88.2 Å². The quantitative estimate of drug-likeness (QED) is 0.405. The van der Waals surface area contributed by atoms with Gasteiger partial charge in [0.05, 0.1) is 20.8 Å². The third kappa shape index (κ3) is 4.21. The molecule has 0 aliphatic rings. The van der Waals surface area contributed by atoms with E-state index in [1.165, 1.54) is 39.9 Å². The number of aryl methyl sites for hydroxylation is 1. The Hall–Kier alpha value is -2.94. The van der Waals surface area contributed by atoms with Gasteiger partial charge < -0.3 is 4.57 Å². The molecule has 0 fully saturated rings. The van der Waals surface area contributed by atoms with Crippen molar-refractivity contribution in [2.45, 2.75) is 11.8 Å². The molecule has 32 heavy (non-hydrogen) atoms. The third-order valence-electron chi connectivity index (χ3n) is 4.99. The first-order valence-corrected chi connectivity index (χ1v) is 12.5. The molecule has 0 bridgehead atoms. The summed E-state index contributed by atoms with van der Waals surface area (Å²) >= 11 is 7.41. The largest absolute Gasteiger partial charge is 0.319 e. The van der Waals surface area contributed by atoms with Crippen LogP contribution in [0.3, 0.4) is 0 Å². The lowest BCUT2D eigenvalue weighted by Gasteiger charge is -2.22. The molecule has 0 radical (unpaired) electrons. The van der Waals surface area contributed by atoms with Gasteiger partial charge in [-0.15, -0.1) is 0 Å². The highest BCUT2D eigenvalue weighted by Crippen LogP contribution is 2.24. The average molecular weight is 486 g/mol. The zero-order valence-corrected chi connectivity index (χ0v) is 19.8. The van der Waals surface area contributed by atoms with Crippen molar-refractivity contribution in [3.63, 3.8) is 0 Å². The van der Waals surface area contributed by atoms with Gasteiger partial charge in [0.1, 0.15) is 0 Å². The van der Waals surface area contributed by atoms with Crippen LogP contribution in [-0.4, -0.2) is 25.4 Å². The summed E-state index contributed by atoms with van der Waals surface area (Å²) in [5.74, 6) is -0.447. The summed E-state index contributed by atoms with van der Waals surface area (Å²) in [6.45, 7) is 2.06. The second-order valence-electron chi connectivity index (χ2n) is 7.00. The Morgan fingerprint density at radius 3 is 2.41 bits per heavy atom. The Labute approximate surface area is 195 Å². The molecule has 0 N–H and O–H groups in total. The number of carbonyl (C=O) groups is 1. The number of fused-ring (bicyclic) bond motifs is 1. The Morgan fingerprint density at radius 2 is 1.75 bits per heavy atom. The first-order chi connectivity index (χ1) is 15.3. The fraction of sp³-hybridized carbons (Fsp3) is 0.130. The number of aromatic nitrogens is 1. The summed E-state index contributed by atoms with van der Waals surface area (Å²) in [6, 6.07) is 20.3. The summed E-state index contributed by atoms with van der Waals surface area (Å²) in [7, 11) is -1.93. The summed E-state index contributed by atoms with van der Waals surface area (Å²) < 4.78 is 30.3. The van der Waals surface area contributed by atoms with E-state index in [0.717, 1.165) is 10.2 Å². The van der Waals surface area contributed by atoms with Gasteiger partial charge >= 0.3 is 0 Å². The number of hydrogen-bond acceptors (Lipinski definition) is 4. The van der Waals surface area contributed by atoms with Gasteiger partial charge in [-0.2, -0.15) is 4.99 Å². The standard InChI is InChI=1S/C23H20ClN3O3S2/c1-3-27(18-7-5-4-6-8-18)32(29,30)19-12-9-16(10-13-19)22(28)25-23-26(2)20-14-11-17(24)15-21(20)31-23/h4-15H,3H2,1-2H3. The van der Waals surface area contributed by atoms with Gasteiger partial charge in [0, 0.05) is 24.2 Å². The van der Waals surface area contributed by atoms with Crippen LogP contribution in [0.25, 0.3) is 10.2 Å². The molecule has 0 saturated carbocycles. The second-order valence-corrected chi connectivity index (χ2v) is 10.3. The minimum Gasteiger partial charge on any atom is -0.319 e. The van der Waals surface area contributed by atoms with Crippen LogP contribution < -0.4 is 9.11 Å². The van der Waals surface area contributed by atoms with Crippen molar-refractivity contribution in [2.75, 3.05) is 10.8 Å². The maximum Gasteiger partial charge on any atom is 0.279 e. The third-order valence-corrected chi connectivity index (χ3v) is 8.24. The number of para-hydroxylation sites is 1. The number of thiazole rings is 1. The summed E-state index contributed by atoms with van der Waals surface area (Å²) in [5, 5.41) is 0.616. The molecule has 0 spiro atoms. The number of amides is 1. The maximum atomic E-state index is 13.1. The molecule has 0 unspecified atom stereocenters. The molecule has 4 aromatic rings. The molecule has 1 aromatic heterocycles. The lowest BCUT2D eigenvalue weighted by Crippen LogP contribution is -2.30. The van der Waals surface area contributed by atoms with E-state index in [1.54, 1.807) is 37.3 Å². The topological polar surface area (TPSA) is 71.7 Å². The predicted octanol–water partition coefficient (Wildman–Crippen LogP) is 4.85. The minimum atomic E-state index is -3.76. The predicted molar refractivity (Wildman–Crippen MR) is 129 cm³/mol. The molecule has 164 valence electrons. The Morgan fingerprint density at radius 1 is 1.06 bits per heavy atom. The van der Waals surface area contributed by atoms with Crippen molar-refractivity contribution in [3.8, 4) is 0 Å². The number of benzene rings is 3. The number of anilines is 1. The molecule has 4 rings (SSSR count). The normalized spacial score (nSPS) is 12.3. The maximum absolute atomic E-state index is 13.1. The zero-order chi connectivity index (χ0) is 22.9. The van der Waals surface area contributed by atoms with Crippen LogP contribution in [0.4, 0.5) is 5.69 Å². The Bertz CT molecular complexity index is 1460. The number of rotatable bonds is 5. The average Bonchev–Trinajstić information content (AvgIpc) is 3.09. The molecular weight excluding hydrogens is 466 g/mol. The van der Waals surface area contributed by atoms with E-state index in [1.807, 2.05) is 29.8 Å². The molecule has 0 atom stereocenters. The molecule has 0 aliphatic heterocycles. The lowest BCUT2D eigenvalue weighted by atomic mass is 10.2. The van der Waals surface area contributed by atoms with Crippen LogP contribution in [-0.2, 0) is 17.1 Å². The molecule has 3 aromatic carbocycles. The van der Waals surface area contributed by atoms with Gasteiger partial charge in [-0.3, -0.25) is 9.10 Å². The fourth-order valence-corrected chi connectivity index (χ4v) is 6.11. The van der Waals surface area contributed by atoms with E-state index in [-0.39, 0.29) is 11.4 Å².